The van der Waals surface area contributed by atoms with Gasteiger partial charge in [-0.3, -0.25) is 4.90 Å². The summed E-state index contributed by atoms with van der Waals surface area (Å²) in [6, 6.07) is 16.8. The lowest BCUT2D eigenvalue weighted by atomic mass is 10.0. The number of carbonyl (C=O) groups is 1. The number of anilines is 1. The highest BCUT2D eigenvalue weighted by Crippen LogP contribution is 2.16. The van der Waals surface area contributed by atoms with E-state index in [2.05, 4.69) is 33.7 Å². The third-order valence-corrected chi connectivity index (χ3v) is 4.77. The van der Waals surface area contributed by atoms with Gasteiger partial charge in [-0.05, 0) is 54.8 Å². The summed E-state index contributed by atoms with van der Waals surface area (Å²) in [6.07, 6.45) is 1.85. The second-order valence-corrected chi connectivity index (χ2v) is 6.90. The van der Waals surface area contributed by atoms with E-state index >= 15 is 0 Å². The lowest BCUT2D eigenvalue weighted by molar-refractivity contribution is 0.190. The van der Waals surface area contributed by atoms with Crippen LogP contribution >= 0.6 is 11.6 Å². The number of nitrogens with zero attached hydrogens (tertiary/aromatic N) is 2. The van der Waals surface area contributed by atoms with Crippen LogP contribution in [0, 0.1) is 11.3 Å². The van der Waals surface area contributed by atoms with E-state index in [1.54, 1.807) is 24.3 Å². The molecule has 0 bridgehead atoms. The highest BCUT2D eigenvalue weighted by molar-refractivity contribution is 6.30. The van der Waals surface area contributed by atoms with Crippen LogP contribution in [0.15, 0.2) is 48.5 Å². The highest BCUT2D eigenvalue weighted by Gasteiger charge is 2.20. The van der Waals surface area contributed by atoms with Crippen molar-refractivity contribution in [2.45, 2.75) is 25.4 Å². The molecular formula is C20H21ClN4O. The number of hydrogen-bond acceptors (Lipinski definition) is 3. The van der Waals surface area contributed by atoms with Gasteiger partial charge in [-0.15, -0.1) is 0 Å². The molecule has 0 aromatic heterocycles. The van der Waals surface area contributed by atoms with E-state index in [0.29, 0.717) is 11.3 Å². The van der Waals surface area contributed by atoms with Crippen LogP contribution in [0.25, 0.3) is 0 Å². The van der Waals surface area contributed by atoms with Crippen molar-refractivity contribution in [3.8, 4) is 6.07 Å². The van der Waals surface area contributed by atoms with E-state index in [0.717, 1.165) is 37.5 Å². The SMILES string of the molecule is N#Cc1ccc(NC(=O)NC2CCN(Cc3ccc(Cl)cc3)CC2)cc1. The second kappa shape index (κ2) is 8.70. The van der Waals surface area contributed by atoms with Crippen LogP contribution in [0.2, 0.25) is 5.02 Å². The van der Waals surface area contributed by atoms with Gasteiger partial charge in [0.05, 0.1) is 11.6 Å². The maximum absolute atomic E-state index is 12.1. The van der Waals surface area contributed by atoms with Crippen molar-refractivity contribution in [2.75, 3.05) is 18.4 Å². The Morgan fingerprint density at radius 1 is 1.12 bits per heavy atom. The Hall–Kier alpha value is -2.55. The number of nitriles is 1. The van der Waals surface area contributed by atoms with Gasteiger partial charge in [-0.2, -0.15) is 5.26 Å². The topological polar surface area (TPSA) is 68.2 Å². The van der Waals surface area contributed by atoms with Gasteiger partial charge in [0.25, 0.3) is 0 Å². The molecule has 1 heterocycles. The van der Waals surface area contributed by atoms with Gasteiger partial charge in [0, 0.05) is 36.4 Å². The van der Waals surface area contributed by atoms with Gasteiger partial charge in [0.15, 0.2) is 0 Å². The lowest BCUT2D eigenvalue weighted by Crippen LogP contribution is -2.45. The van der Waals surface area contributed by atoms with Gasteiger partial charge >= 0.3 is 6.03 Å². The van der Waals surface area contributed by atoms with E-state index in [1.165, 1.54) is 5.56 Å². The summed E-state index contributed by atoms with van der Waals surface area (Å²) >= 11 is 5.92. The average molecular weight is 369 g/mol. The molecule has 0 aliphatic carbocycles. The van der Waals surface area contributed by atoms with Gasteiger partial charge < -0.3 is 10.6 Å². The van der Waals surface area contributed by atoms with Gasteiger partial charge in [-0.25, -0.2) is 4.79 Å². The quantitative estimate of drug-likeness (QED) is 0.857. The van der Waals surface area contributed by atoms with Crippen molar-refractivity contribution in [3.05, 3.63) is 64.7 Å². The predicted octanol–water partition coefficient (Wildman–Crippen LogP) is 4.00. The van der Waals surface area contributed by atoms with Crippen molar-refractivity contribution >= 4 is 23.3 Å². The first-order chi connectivity index (χ1) is 12.6. The zero-order valence-corrected chi connectivity index (χ0v) is 15.2. The summed E-state index contributed by atoms with van der Waals surface area (Å²) in [4.78, 5) is 14.5. The number of halogens is 1. The predicted molar refractivity (Wildman–Crippen MR) is 103 cm³/mol. The second-order valence-electron chi connectivity index (χ2n) is 6.46. The van der Waals surface area contributed by atoms with Gasteiger partial charge in [0.1, 0.15) is 0 Å². The zero-order chi connectivity index (χ0) is 18.4. The lowest BCUT2D eigenvalue weighted by Gasteiger charge is -2.32. The number of likely N-dealkylation sites (tertiary alicyclic amines) is 1. The number of piperidine rings is 1. The summed E-state index contributed by atoms with van der Waals surface area (Å²) < 4.78 is 0. The molecule has 1 aliphatic rings. The van der Waals surface area contributed by atoms with E-state index < -0.39 is 0 Å². The van der Waals surface area contributed by atoms with Gasteiger partial charge in [0.2, 0.25) is 0 Å². The molecular weight excluding hydrogens is 348 g/mol. The van der Waals surface area contributed by atoms with Crippen molar-refractivity contribution in [3.63, 3.8) is 0 Å². The number of nitrogens with one attached hydrogen (secondary N) is 2. The molecule has 0 unspecified atom stereocenters. The van der Waals surface area contributed by atoms with Crippen LogP contribution < -0.4 is 10.6 Å². The summed E-state index contributed by atoms with van der Waals surface area (Å²) in [7, 11) is 0. The fraction of sp³-hybridized carbons (Fsp3) is 0.300. The maximum Gasteiger partial charge on any atom is 0.319 e. The Bertz CT molecular complexity index is 775. The molecule has 2 amide bonds. The van der Waals surface area contributed by atoms with E-state index in [9.17, 15) is 4.79 Å². The smallest absolute Gasteiger partial charge is 0.319 e. The first-order valence-electron chi connectivity index (χ1n) is 8.67. The summed E-state index contributed by atoms with van der Waals surface area (Å²) in [5, 5.41) is 15.4. The number of rotatable bonds is 4. The molecule has 3 rings (SSSR count). The van der Waals surface area contributed by atoms with E-state index in [-0.39, 0.29) is 12.1 Å². The molecule has 0 saturated carbocycles. The number of benzene rings is 2. The minimum absolute atomic E-state index is 0.176. The van der Waals surface area contributed by atoms with Crippen molar-refractivity contribution in [2.24, 2.45) is 0 Å². The minimum atomic E-state index is -0.203. The highest BCUT2D eigenvalue weighted by atomic mass is 35.5. The molecule has 1 aliphatic heterocycles. The molecule has 5 nitrogen and oxygen atoms in total. The van der Waals surface area contributed by atoms with Crippen LogP contribution in [-0.4, -0.2) is 30.1 Å². The summed E-state index contributed by atoms with van der Waals surface area (Å²) in [6.45, 7) is 2.80. The van der Waals surface area contributed by atoms with Crippen LogP contribution in [0.4, 0.5) is 10.5 Å². The zero-order valence-electron chi connectivity index (χ0n) is 14.4. The third kappa shape index (κ3) is 5.22. The molecule has 1 saturated heterocycles. The Morgan fingerprint density at radius 3 is 2.38 bits per heavy atom. The number of urea groups is 1. The molecule has 0 atom stereocenters. The molecule has 2 aromatic carbocycles. The van der Waals surface area contributed by atoms with Crippen LogP contribution in [0.1, 0.15) is 24.0 Å². The molecule has 6 heteroatoms. The molecule has 0 spiro atoms. The molecule has 0 radical (unpaired) electrons. The fourth-order valence-electron chi connectivity index (χ4n) is 3.06. The Balaban J connectivity index is 1.42. The van der Waals surface area contributed by atoms with Crippen molar-refractivity contribution in [1.82, 2.24) is 10.2 Å². The number of hydrogen-bond donors (Lipinski definition) is 2. The summed E-state index contributed by atoms with van der Waals surface area (Å²) in [5.74, 6) is 0. The number of carbonyl (C=O) groups excluding carboxylic acids is 1. The van der Waals surface area contributed by atoms with Crippen LogP contribution in [-0.2, 0) is 6.54 Å². The maximum atomic E-state index is 12.1. The molecule has 1 fully saturated rings. The van der Waals surface area contributed by atoms with Gasteiger partial charge in [-0.1, -0.05) is 23.7 Å². The first-order valence-corrected chi connectivity index (χ1v) is 9.04. The standard InChI is InChI=1S/C20H21ClN4O/c21-17-5-1-16(2-6-17)14-25-11-9-19(10-12-25)24-20(26)23-18-7-3-15(13-22)4-8-18/h1-8,19H,9-12,14H2,(H2,23,24,26). The molecule has 134 valence electrons. The van der Waals surface area contributed by atoms with E-state index in [1.807, 2.05) is 12.1 Å². The van der Waals surface area contributed by atoms with E-state index in [4.69, 9.17) is 16.9 Å². The van der Waals surface area contributed by atoms with Crippen molar-refractivity contribution in [1.29, 1.82) is 5.26 Å². The fourth-order valence-corrected chi connectivity index (χ4v) is 3.19. The van der Waals surface area contributed by atoms with Crippen LogP contribution in [0.3, 0.4) is 0 Å². The van der Waals surface area contributed by atoms with Crippen molar-refractivity contribution < 1.29 is 4.79 Å². The number of amides is 2. The first kappa shape index (κ1) is 18.2. The Morgan fingerprint density at radius 2 is 1.77 bits per heavy atom. The summed E-state index contributed by atoms with van der Waals surface area (Å²) in [5.41, 5.74) is 2.50. The van der Waals surface area contributed by atoms with Crippen LogP contribution in [0.5, 0.6) is 0 Å². The third-order valence-electron chi connectivity index (χ3n) is 4.51. The molecule has 2 aromatic rings. The molecule has 2 N–H and O–H groups in total. The monoisotopic (exact) mass is 368 g/mol. The minimum Gasteiger partial charge on any atom is -0.335 e. The average Bonchev–Trinajstić information content (AvgIpc) is 2.66. The Kier molecular flexibility index (Phi) is 6.11. The molecule has 26 heavy (non-hydrogen) atoms. The largest absolute Gasteiger partial charge is 0.335 e. The normalized spacial score (nSPS) is 15.2. The Labute approximate surface area is 158 Å².